The Bertz CT molecular complexity index is 1160. The van der Waals surface area contributed by atoms with Gasteiger partial charge < -0.3 is 39.4 Å². The van der Waals surface area contributed by atoms with E-state index in [2.05, 4.69) is 80.7 Å². The van der Waals surface area contributed by atoms with Gasteiger partial charge in [0.2, 0.25) is 0 Å². The second-order valence-corrected chi connectivity index (χ2v) is 14.8. The summed E-state index contributed by atoms with van der Waals surface area (Å²) in [5.41, 5.74) is 0. The van der Waals surface area contributed by atoms with Gasteiger partial charge in [-0.15, -0.1) is 0 Å². The van der Waals surface area contributed by atoms with Crippen molar-refractivity contribution in [3.05, 3.63) is 72.9 Å². The SMILES string of the molecule is CC/C=C/C/C=C/C/C=C/C/C=C/C/C=C/CCCC(=O)OC[C@@H](CO[C@H]1O[C@@H](CO)[C@@H](O)C(O)C1O)OC(=O)CCCCCCCCC/C=C/CCCCCC. The quantitative estimate of drug-likeness (QED) is 0.0277. The number of aliphatic hydroxyl groups excluding tert-OH is 4. The zero-order chi connectivity index (χ0) is 41.6. The first-order valence-electron chi connectivity index (χ1n) is 22.0. The summed E-state index contributed by atoms with van der Waals surface area (Å²) in [5.74, 6) is -0.886. The molecule has 6 atom stereocenters. The fraction of sp³-hybridized carbons (Fsp3) is 0.702. The van der Waals surface area contributed by atoms with Crippen LogP contribution in [0.3, 0.4) is 0 Å². The first-order valence-corrected chi connectivity index (χ1v) is 22.0. The van der Waals surface area contributed by atoms with Crippen LogP contribution in [-0.2, 0) is 28.5 Å². The second kappa shape index (κ2) is 37.4. The maximum atomic E-state index is 12.8. The molecule has 0 aromatic heterocycles. The third-order valence-electron chi connectivity index (χ3n) is 9.58. The molecule has 0 saturated carbocycles. The lowest BCUT2D eigenvalue weighted by Gasteiger charge is -2.39. The Morgan fingerprint density at radius 2 is 1.05 bits per heavy atom. The number of aliphatic hydroxyl groups is 4. The van der Waals surface area contributed by atoms with Crippen molar-refractivity contribution in [3.63, 3.8) is 0 Å². The van der Waals surface area contributed by atoms with Gasteiger partial charge >= 0.3 is 11.9 Å². The number of esters is 2. The van der Waals surface area contributed by atoms with E-state index in [-0.39, 0.29) is 26.1 Å². The average molecular weight is 803 g/mol. The van der Waals surface area contributed by atoms with Gasteiger partial charge in [-0.2, -0.15) is 0 Å². The zero-order valence-electron chi connectivity index (χ0n) is 35.3. The van der Waals surface area contributed by atoms with E-state index >= 15 is 0 Å². The Morgan fingerprint density at radius 1 is 0.561 bits per heavy atom. The largest absolute Gasteiger partial charge is 0.462 e. The average Bonchev–Trinajstić information content (AvgIpc) is 3.21. The van der Waals surface area contributed by atoms with Crippen molar-refractivity contribution in [2.24, 2.45) is 0 Å². The van der Waals surface area contributed by atoms with E-state index in [0.29, 0.717) is 12.8 Å². The molecule has 57 heavy (non-hydrogen) atoms. The van der Waals surface area contributed by atoms with Crippen LogP contribution < -0.4 is 0 Å². The molecular formula is C47H78O10. The topological polar surface area (TPSA) is 152 Å². The maximum Gasteiger partial charge on any atom is 0.306 e. The highest BCUT2D eigenvalue weighted by molar-refractivity contribution is 5.70. The zero-order valence-corrected chi connectivity index (χ0v) is 35.3. The predicted molar refractivity (Wildman–Crippen MR) is 228 cm³/mol. The number of allylic oxidation sites excluding steroid dienone is 12. The summed E-state index contributed by atoms with van der Waals surface area (Å²) in [4.78, 5) is 25.3. The van der Waals surface area contributed by atoms with Crippen LogP contribution in [0.15, 0.2) is 72.9 Å². The molecule has 2 unspecified atom stereocenters. The molecule has 0 aromatic carbocycles. The molecule has 326 valence electrons. The van der Waals surface area contributed by atoms with Crippen LogP contribution in [0, 0.1) is 0 Å². The van der Waals surface area contributed by atoms with E-state index in [4.69, 9.17) is 18.9 Å². The number of carbonyl (C=O) groups excluding carboxylic acids is 2. The fourth-order valence-electron chi connectivity index (χ4n) is 6.10. The van der Waals surface area contributed by atoms with Gasteiger partial charge in [-0.3, -0.25) is 9.59 Å². The van der Waals surface area contributed by atoms with Crippen LogP contribution >= 0.6 is 0 Å². The molecule has 4 N–H and O–H groups in total. The smallest absolute Gasteiger partial charge is 0.306 e. The van der Waals surface area contributed by atoms with Gasteiger partial charge in [0.15, 0.2) is 12.4 Å². The summed E-state index contributed by atoms with van der Waals surface area (Å²) in [6, 6.07) is 0. The van der Waals surface area contributed by atoms with E-state index in [1.165, 1.54) is 51.4 Å². The molecule has 1 aliphatic heterocycles. The molecule has 1 fully saturated rings. The highest BCUT2D eigenvalue weighted by Crippen LogP contribution is 2.22. The Labute approximate surface area is 344 Å². The molecule has 10 heteroatoms. The van der Waals surface area contributed by atoms with E-state index in [9.17, 15) is 30.0 Å². The van der Waals surface area contributed by atoms with Crippen LogP contribution in [0.2, 0.25) is 0 Å². The van der Waals surface area contributed by atoms with Crippen LogP contribution in [-0.4, -0.2) is 89.0 Å². The normalized spacial score (nSPS) is 21.0. The Hall–Kier alpha value is -2.86. The molecule has 0 radical (unpaired) electrons. The third kappa shape index (κ3) is 29.1. The van der Waals surface area contributed by atoms with Crippen molar-refractivity contribution in [2.75, 3.05) is 19.8 Å². The Morgan fingerprint density at radius 3 is 1.63 bits per heavy atom. The predicted octanol–water partition coefficient (Wildman–Crippen LogP) is 9.22. The Kier molecular flexibility index (Phi) is 34.2. The lowest BCUT2D eigenvalue weighted by molar-refractivity contribution is -0.305. The van der Waals surface area contributed by atoms with Crippen molar-refractivity contribution < 1.29 is 49.0 Å². The number of ether oxygens (including phenoxy) is 4. The van der Waals surface area contributed by atoms with Crippen molar-refractivity contribution in [1.82, 2.24) is 0 Å². The molecule has 1 saturated heterocycles. The molecule has 0 bridgehead atoms. The summed E-state index contributed by atoms with van der Waals surface area (Å²) in [7, 11) is 0. The summed E-state index contributed by atoms with van der Waals surface area (Å²) in [5, 5.41) is 40.0. The van der Waals surface area contributed by atoms with E-state index < -0.39 is 55.4 Å². The molecule has 1 aliphatic rings. The van der Waals surface area contributed by atoms with Crippen molar-refractivity contribution in [2.45, 2.75) is 192 Å². The minimum atomic E-state index is -1.61. The van der Waals surface area contributed by atoms with Gasteiger partial charge in [0.25, 0.3) is 0 Å². The molecule has 0 spiro atoms. The number of carbonyl (C=O) groups is 2. The summed E-state index contributed by atoms with van der Waals surface area (Å²) < 4.78 is 22.1. The van der Waals surface area contributed by atoms with Gasteiger partial charge in [0.05, 0.1) is 13.2 Å². The molecule has 10 nitrogen and oxygen atoms in total. The first-order chi connectivity index (χ1) is 27.8. The number of hydrogen-bond donors (Lipinski definition) is 4. The van der Waals surface area contributed by atoms with Crippen molar-refractivity contribution >= 4 is 11.9 Å². The minimum Gasteiger partial charge on any atom is -0.462 e. The lowest BCUT2D eigenvalue weighted by Crippen LogP contribution is -2.59. The van der Waals surface area contributed by atoms with Gasteiger partial charge in [0.1, 0.15) is 31.0 Å². The number of unbranched alkanes of at least 4 members (excludes halogenated alkanes) is 12. The number of hydrogen-bond acceptors (Lipinski definition) is 10. The van der Waals surface area contributed by atoms with Crippen LogP contribution in [0.4, 0.5) is 0 Å². The lowest BCUT2D eigenvalue weighted by atomic mass is 9.99. The molecule has 1 rings (SSSR count). The molecular weight excluding hydrogens is 725 g/mol. The monoisotopic (exact) mass is 803 g/mol. The van der Waals surface area contributed by atoms with Crippen molar-refractivity contribution in [1.29, 1.82) is 0 Å². The molecule has 0 amide bonds. The van der Waals surface area contributed by atoms with Crippen LogP contribution in [0.5, 0.6) is 0 Å². The summed E-state index contributed by atoms with van der Waals surface area (Å²) in [6.45, 7) is 3.22. The molecule has 0 aromatic rings. The standard InChI is InChI=1S/C47H78O10/c1-3-5-7-9-11-13-15-17-19-20-22-23-25-27-29-31-33-35-42(49)54-38-40(39-55-47-46(53)45(52)44(51)41(37-48)57-47)56-43(50)36-34-32-30-28-26-24-21-18-16-14-12-10-8-6-4-2/h5,7,11,13-14,16-17,19,22-23,27,29,40-41,44-48,51-53H,3-4,6,8-10,12,15,18,20-21,24-26,28,30-39H2,1-2H3/b7-5+,13-11+,16-14+,19-17+,23-22+,29-27+/t40-,41-,44+,45?,46?,47-/m0/s1. The molecule has 1 heterocycles. The highest BCUT2D eigenvalue weighted by atomic mass is 16.7. The van der Waals surface area contributed by atoms with Crippen LogP contribution in [0.1, 0.15) is 155 Å². The summed E-state index contributed by atoms with van der Waals surface area (Å²) in [6.07, 6.45) is 39.1. The van der Waals surface area contributed by atoms with Crippen molar-refractivity contribution in [3.8, 4) is 0 Å². The van der Waals surface area contributed by atoms with E-state index in [1.807, 2.05) is 6.08 Å². The molecule has 0 aliphatic carbocycles. The maximum absolute atomic E-state index is 12.8. The van der Waals surface area contributed by atoms with Gasteiger partial charge in [-0.1, -0.05) is 138 Å². The first kappa shape index (κ1) is 52.2. The third-order valence-corrected chi connectivity index (χ3v) is 9.58. The fourth-order valence-corrected chi connectivity index (χ4v) is 6.10. The number of rotatable bonds is 35. The second-order valence-electron chi connectivity index (χ2n) is 14.8. The van der Waals surface area contributed by atoms with Gasteiger partial charge in [-0.25, -0.2) is 0 Å². The Balaban J connectivity index is 2.39. The van der Waals surface area contributed by atoms with Gasteiger partial charge in [0, 0.05) is 12.8 Å². The summed E-state index contributed by atoms with van der Waals surface area (Å²) >= 11 is 0. The highest BCUT2D eigenvalue weighted by Gasteiger charge is 2.44. The van der Waals surface area contributed by atoms with Gasteiger partial charge in [-0.05, 0) is 77.0 Å². The minimum absolute atomic E-state index is 0.193. The van der Waals surface area contributed by atoms with E-state index in [1.54, 1.807) is 0 Å². The van der Waals surface area contributed by atoms with E-state index in [0.717, 1.165) is 64.2 Å². The van der Waals surface area contributed by atoms with Crippen LogP contribution in [0.25, 0.3) is 0 Å².